The summed E-state index contributed by atoms with van der Waals surface area (Å²) in [5.74, 6) is 0.653. The molecule has 9 heteroatoms. The number of nitrogens with one attached hydrogen (secondary N) is 1. The van der Waals surface area contributed by atoms with Gasteiger partial charge in [0.2, 0.25) is 0 Å². The molecule has 8 nitrogen and oxygen atoms in total. The summed E-state index contributed by atoms with van der Waals surface area (Å²) in [6.07, 6.45) is 6.53. The Bertz CT molecular complexity index is 1290. The number of aromatic amines is 1. The number of imidazole rings is 1. The van der Waals surface area contributed by atoms with Crippen molar-refractivity contribution in [1.29, 1.82) is 0 Å². The van der Waals surface area contributed by atoms with Crippen molar-refractivity contribution in [2.75, 3.05) is 0 Å². The number of rotatable bonds is 4. The molecule has 1 aliphatic carbocycles. The molecule has 5 rings (SSSR count). The zero-order chi connectivity index (χ0) is 19.3. The Morgan fingerprint density at radius 2 is 2.14 bits per heavy atom. The van der Waals surface area contributed by atoms with Crippen LogP contribution in [0.1, 0.15) is 29.1 Å². The number of nitrogens with zero attached hydrogens (tertiary/aromatic N) is 4. The summed E-state index contributed by atoms with van der Waals surface area (Å²) in [5, 5.41) is 11.7. The first-order valence-corrected chi connectivity index (χ1v) is 10.0. The number of aryl methyl sites for hydroxylation is 4. The Balaban J connectivity index is 1.44. The van der Waals surface area contributed by atoms with Crippen LogP contribution in [0.3, 0.4) is 0 Å². The maximum atomic E-state index is 12.6. The van der Waals surface area contributed by atoms with Crippen molar-refractivity contribution in [1.82, 2.24) is 19.5 Å². The fourth-order valence-electron chi connectivity index (χ4n) is 3.90. The topological polar surface area (TPSA) is 107 Å². The number of fused-ring (bicyclic) bond motifs is 4. The van der Waals surface area contributed by atoms with Crippen LogP contribution in [-0.2, 0) is 25.8 Å². The lowest BCUT2D eigenvalue weighted by Gasteiger charge is -2.09. The summed E-state index contributed by atoms with van der Waals surface area (Å²) in [7, 11) is 0. The van der Waals surface area contributed by atoms with Crippen LogP contribution in [0, 0.1) is 10.1 Å². The molecule has 3 aromatic heterocycles. The molecule has 0 unspecified atom stereocenters. The number of non-ortho nitro benzene ring substituents is 1. The number of H-pyrrole nitrogens is 1. The van der Waals surface area contributed by atoms with E-state index in [9.17, 15) is 14.9 Å². The van der Waals surface area contributed by atoms with Gasteiger partial charge >= 0.3 is 0 Å². The van der Waals surface area contributed by atoms with Gasteiger partial charge < -0.3 is 9.55 Å². The predicted molar refractivity (Wildman–Crippen MR) is 107 cm³/mol. The van der Waals surface area contributed by atoms with E-state index in [0.29, 0.717) is 24.3 Å². The molecule has 0 atom stereocenters. The van der Waals surface area contributed by atoms with Crippen molar-refractivity contribution in [2.45, 2.75) is 38.6 Å². The second-order valence-electron chi connectivity index (χ2n) is 7.02. The van der Waals surface area contributed by atoms with E-state index in [1.165, 1.54) is 29.0 Å². The molecule has 0 saturated carbocycles. The summed E-state index contributed by atoms with van der Waals surface area (Å²) >= 11 is 1.64. The Labute approximate surface area is 163 Å². The number of hydrogen-bond donors (Lipinski definition) is 1. The van der Waals surface area contributed by atoms with Crippen LogP contribution in [0.2, 0.25) is 0 Å². The van der Waals surface area contributed by atoms with Crippen molar-refractivity contribution in [2.24, 2.45) is 0 Å². The van der Waals surface area contributed by atoms with Gasteiger partial charge in [0.25, 0.3) is 11.2 Å². The maximum Gasteiger partial charge on any atom is 0.271 e. The van der Waals surface area contributed by atoms with Crippen molar-refractivity contribution < 1.29 is 4.92 Å². The number of thiophene rings is 1. The Morgan fingerprint density at radius 3 is 3.00 bits per heavy atom. The largest absolute Gasteiger partial charge is 0.330 e. The normalized spacial score (nSPS) is 13.9. The van der Waals surface area contributed by atoms with Crippen LogP contribution in [0.15, 0.2) is 29.3 Å². The average molecular weight is 395 g/mol. The van der Waals surface area contributed by atoms with E-state index in [4.69, 9.17) is 4.98 Å². The van der Waals surface area contributed by atoms with Crippen molar-refractivity contribution in [3.05, 3.63) is 61.3 Å². The van der Waals surface area contributed by atoms with E-state index in [-0.39, 0.29) is 11.2 Å². The molecule has 1 aliphatic rings. The molecule has 0 radical (unpaired) electrons. The number of hydrogen-bond acceptors (Lipinski definition) is 6. The summed E-state index contributed by atoms with van der Waals surface area (Å²) in [5.41, 5.74) is 2.56. The number of nitro groups is 1. The van der Waals surface area contributed by atoms with E-state index in [1.54, 1.807) is 23.7 Å². The van der Waals surface area contributed by atoms with Crippen molar-refractivity contribution in [3.8, 4) is 0 Å². The molecule has 1 aromatic carbocycles. The monoisotopic (exact) mass is 395 g/mol. The lowest BCUT2D eigenvalue weighted by Crippen LogP contribution is -2.14. The van der Waals surface area contributed by atoms with Gasteiger partial charge in [0.15, 0.2) is 0 Å². The van der Waals surface area contributed by atoms with Gasteiger partial charge in [-0.15, -0.1) is 11.3 Å². The third-order valence-electron chi connectivity index (χ3n) is 5.28. The molecule has 0 saturated heterocycles. The molecular weight excluding hydrogens is 378 g/mol. The summed E-state index contributed by atoms with van der Waals surface area (Å²) in [6.45, 7) is 0.577. The standard InChI is InChI=1S/C19H17N5O3S/c25-18-17-12-3-1-2-4-15(12)28-19(17)22-16(21-18)7-8-23-10-20-13-9-11(24(26)27)5-6-14(13)23/h5-6,9-10H,1-4,7-8H2,(H,21,22,25). The SMILES string of the molecule is O=c1[nH]c(CCn2cnc3cc([N+](=O)[O-])ccc32)nc2sc3c(c12)CCCC3. The highest BCUT2D eigenvalue weighted by atomic mass is 32.1. The third kappa shape index (κ3) is 2.78. The predicted octanol–water partition coefficient (Wildman–Crippen LogP) is 3.36. The molecule has 0 bridgehead atoms. The molecule has 4 aromatic rings. The quantitative estimate of drug-likeness (QED) is 0.421. The summed E-state index contributed by atoms with van der Waals surface area (Å²) in [4.78, 5) is 37.1. The molecule has 3 heterocycles. The number of aromatic nitrogens is 4. The first kappa shape index (κ1) is 17.1. The van der Waals surface area contributed by atoms with Crippen LogP contribution < -0.4 is 5.56 Å². The highest BCUT2D eigenvalue weighted by molar-refractivity contribution is 7.18. The highest BCUT2D eigenvalue weighted by Crippen LogP contribution is 2.33. The van der Waals surface area contributed by atoms with Gasteiger partial charge in [-0.25, -0.2) is 9.97 Å². The highest BCUT2D eigenvalue weighted by Gasteiger charge is 2.19. The molecular formula is C19H17N5O3S. The van der Waals surface area contributed by atoms with Crippen LogP contribution >= 0.6 is 11.3 Å². The number of benzene rings is 1. The van der Waals surface area contributed by atoms with Gasteiger partial charge in [-0.2, -0.15) is 0 Å². The molecule has 28 heavy (non-hydrogen) atoms. The van der Waals surface area contributed by atoms with Crippen molar-refractivity contribution >= 4 is 38.3 Å². The molecule has 1 N–H and O–H groups in total. The van der Waals surface area contributed by atoms with Crippen LogP contribution in [0.5, 0.6) is 0 Å². The Hall–Kier alpha value is -3.07. The summed E-state index contributed by atoms with van der Waals surface area (Å²) < 4.78 is 1.92. The van der Waals surface area contributed by atoms with E-state index in [2.05, 4.69) is 9.97 Å². The van der Waals surface area contributed by atoms with Gasteiger partial charge in [0.1, 0.15) is 10.7 Å². The molecule has 142 valence electrons. The lowest BCUT2D eigenvalue weighted by atomic mass is 9.97. The van der Waals surface area contributed by atoms with Gasteiger partial charge in [0, 0.05) is 30.0 Å². The number of nitro benzene ring substituents is 1. The average Bonchev–Trinajstić information content (AvgIpc) is 3.26. The van der Waals surface area contributed by atoms with E-state index in [0.717, 1.165) is 35.0 Å². The minimum absolute atomic E-state index is 0.0239. The maximum absolute atomic E-state index is 12.6. The van der Waals surface area contributed by atoms with Gasteiger partial charge in [-0.1, -0.05) is 0 Å². The second-order valence-corrected chi connectivity index (χ2v) is 8.11. The molecule has 0 fully saturated rings. The minimum atomic E-state index is -0.428. The second kappa shape index (κ2) is 6.52. The fourth-order valence-corrected chi connectivity index (χ4v) is 5.18. The Kier molecular flexibility index (Phi) is 3.97. The van der Waals surface area contributed by atoms with Crippen molar-refractivity contribution in [3.63, 3.8) is 0 Å². The third-order valence-corrected chi connectivity index (χ3v) is 6.46. The first-order valence-electron chi connectivity index (χ1n) is 9.23. The van der Waals surface area contributed by atoms with E-state index in [1.807, 2.05) is 4.57 Å². The van der Waals surface area contributed by atoms with E-state index < -0.39 is 4.92 Å². The zero-order valence-electron chi connectivity index (χ0n) is 15.0. The van der Waals surface area contributed by atoms with Gasteiger partial charge in [0.05, 0.1) is 27.7 Å². The molecule has 0 amide bonds. The van der Waals surface area contributed by atoms with Gasteiger partial charge in [-0.3, -0.25) is 14.9 Å². The summed E-state index contributed by atoms with van der Waals surface area (Å²) in [6, 6.07) is 4.64. The fraction of sp³-hybridized carbons (Fsp3) is 0.316. The smallest absolute Gasteiger partial charge is 0.271 e. The Morgan fingerprint density at radius 1 is 1.29 bits per heavy atom. The zero-order valence-corrected chi connectivity index (χ0v) is 15.8. The minimum Gasteiger partial charge on any atom is -0.330 e. The lowest BCUT2D eigenvalue weighted by molar-refractivity contribution is -0.384. The first-order chi connectivity index (χ1) is 13.6. The molecule has 0 aliphatic heterocycles. The van der Waals surface area contributed by atoms with Crippen LogP contribution in [0.25, 0.3) is 21.3 Å². The van der Waals surface area contributed by atoms with Gasteiger partial charge in [-0.05, 0) is 37.3 Å². The van der Waals surface area contributed by atoms with Crippen LogP contribution in [-0.4, -0.2) is 24.4 Å². The van der Waals surface area contributed by atoms with Crippen LogP contribution in [0.4, 0.5) is 5.69 Å². The van der Waals surface area contributed by atoms with E-state index >= 15 is 0 Å². The molecule has 0 spiro atoms.